The molecule has 0 saturated heterocycles. The van der Waals surface area contributed by atoms with Crippen LogP contribution in [0, 0.1) is 10.1 Å². The van der Waals surface area contributed by atoms with Crippen LogP contribution in [0.2, 0.25) is 0 Å². The van der Waals surface area contributed by atoms with Gasteiger partial charge in [-0.25, -0.2) is 0 Å². The summed E-state index contributed by atoms with van der Waals surface area (Å²) in [5.74, 6) is -0.0346. The first-order chi connectivity index (χ1) is 11.5. The monoisotopic (exact) mass is 325 g/mol. The number of carbonyl (C=O) groups excluding carboxylic acids is 1. The number of hydrogen-bond acceptors (Lipinski definition) is 4. The van der Waals surface area contributed by atoms with E-state index < -0.39 is 4.92 Å². The van der Waals surface area contributed by atoms with Crippen LogP contribution in [-0.2, 0) is 17.8 Å². The fourth-order valence-electron chi connectivity index (χ4n) is 3.01. The van der Waals surface area contributed by atoms with Gasteiger partial charge >= 0.3 is 0 Å². The van der Waals surface area contributed by atoms with E-state index in [0.29, 0.717) is 18.8 Å². The maximum absolute atomic E-state index is 12.6. The Morgan fingerprint density at radius 3 is 2.71 bits per heavy atom. The minimum absolute atomic E-state index is 0.0195. The van der Waals surface area contributed by atoms with E-state index in [4.69, 9.17) is 0 Å². The molecule has 0 saturated carbocycles. The van der Waals surface area contributed by atoms with Gasteiger partial charge in [0.2, 0.25) is 5.91 Å². The first kappa shape index (κ1) is 16.1. The first-order valence-corrected chi connectivity index (χ1v) is 7.85. The standard InChI is InChI=1S/C18H19N3O3/c1-19(12-14-5-3-2-4-6-14)13-18(22)20-10-9-15-7-8-16(21(23)24)11-17(15)20/h2-8,11H,9-10,12-13H2,1H3. The molecule has 0 fully saturated rings. The lowest BCUT2D eigenvalue weighted by Gasteiger charge is -2.22. The molecule has 0 aliphatic carbocycles. The Morgan fingerprint density at radius 1 is 1.25 bits per heavy atom. The lowest BCUT2D eigenvalue weighted by Crippen LogP contribution is -2.37. The maximum atomic E-state index is 12.6. The Bertz CT molecular complexity index is 761. The third-order valence-electron chi connectivity index (χ3n) is 4.18. The number of rotatable bonds is 5. The van der Waals surface area contributed by atoms with Crippen molar-refractivity contribution in [3.8, 4) is 0 Å². The van der Waals surface area contributed by atoms with Crippen LogP contribution in [-0.4, -0.2) is 35.9 Å². The zero-order valence-corrected chi connectivity index (χ0v) is 13.5. The van der Waals surface area contributed by atoms with Crippen molar-refractivity contribution in [2.45, 2.75) is 13.0 Å². The zero-order chi connectivity index (χ0) is 17.1. The minimum atomic E-state index is -0.428. The van der Waals surface area contributed by atoms with Gasteiger partial charge in [0.1, 0.15) is 0 Å². The van der Waals surface area contributed by atoms with E-state index in [-0.39, 0.29) is 18.1 Å². The Labute approximate surface area is 140 Å². The summed E-state index contributed by atoms with van der Waals surface area (Å²) < 4.78 is 0. The van der Waals surface area contributed by atoms with Crippen LogP contribution in [0.25, 0.3) is 0 Å². The molecule has 24 heavy (non-hydrogen) atoms. The molecule has 2 aromatic rings. The molecule has 6 nitrogen and oxygen atoms in total. The number of amides is 1. The van der Waals surface area contributed by atoms with Crippen molar-refractivity contribution in [1.29, 1.82) is 0 Å². The Balaban J connectivity index is 1.69. The molecule has 0 atom stereocenters. The molecule has 0 radical (unpaired) electrons. The van der Waals surface area contributed by atoms with Gasteiger partial charge in [-0.1, -0.05) is 36.4 Å². The highest BCUT2D eigenvalue weighted by molar-refractivity contribution is 5.97. The summed E-state index contributed by atoms with van der Waals surface area (Å²) in [5.41, 5.74) is 2.82. The molecule has 1 amide bonds. The lowest BCUT2D eigenvalue weighted by atomic mass is 10.1. The van der Waals surface area contributed by atoms with Gasteiger partial charge in [-0.3, -0.25) is 19.8 Å². The van der Waals surface area contributed by atoms with Crippen LogP contribution < -0.4 is 4.90 Å². The fourth-order valence-corrected chi connectivity index (χ4v) is 3.01. The average molecular weight is 325 g/mol. The minimum Gasteiger partial charge on any atom is -0.310 e. The number of hydrogen-bond donors (Lipinski definition) is 0. The van der Waals surface area contributed by atoms with E-state index >= 15 is 0 Å². The van der Waals surface area contributed by atoms with Crippen LogP contribution >= 0.6 is 0 Å². The highest BCUT2D eigenvalue weighted by atomic mass is 16.6. The summed E-state index contributed by atoms with van der Waals surface area (Å²) in [6.45, 7) is 1.54. The number of likely N-dealkylation sites (N-methyl/N-ethyl adjacent to an activating group) is 1. The molecule has 124 valence electrons. The largest absolute Gasteiger partial charge is 0.310 e. The van der Waals surface area contributed by atoms with Crippen molar-refractivity contribution in [2.24, 2.45) is 0 Å². The molecule has 1 heterocycles. The van der Waals surface area contributed by atoms with Gasteiger partial charge in [0.05, 0.1) is 17.2 Å². The molecule has 0 unspecified atom stereocenters. The fraction of sp³-hybridized carbons (Fsp3) is 0.278. The summed E-state index contributed by atoms with van der Waals surface area (Å²) in [6.07, 6.45) is 0.738. The molecule has 1 aliphatic rings. The van der Waals surface area contributed by atoms with E-state index in [9.17, 15) is 14.9 Å². The van der Waals surface area contributed by atoms with Crippen molar-refractivity contribution < 1.29 is 9.72 Å². The number of nitrogens with zero attached hydrogens (tertiary/aromatic N) is 3. The van der Waals surface area contributed by atoms with Crippen molar-refractivity contribution in [3.05, 3.63) is 69.8 Å². The average Bonchev–Trinajstić information content (AvgIpc) is 2.98. The van der Waals surface area contributed by atoms with Crippen LogP contribution in [0.1, 0.15) is 11.1 Å². The normalized spacial score (nSPS) is 13.2. The number of anilines is 1. The van der Waals surface area contributed by atoms with Gasteiger partial charge in [-0.05, 0) is 24.6 Å². The summed E-state index contributed by atoms with van der Waals surface area (Å²) in [6, 6.07) is 14.7. The van der Waals surface area contributed by atoms with Gasteiger partial charge in [-0.15, -0.1) is 0 Å². The van der Waals surface area contributed by atoms with Crippen molar-refractivity contribution in [2.75, 3.05) is 25.0 Å². The molecule has 0 bridgehead atoms. The van der Waals surface area contributed by atoms with Gasteiger partial charge in [0.25, 0.3) is 5.69 Å². The van der Waals surface area contributed by atoms with Crippen LogP contribution in [0.3, 0.4) is 0 Å². The predicted molar refractivity (Wildman–Crippen MR) is 91.9 cm³/mol. The second-order valence-corrected chi connectivity index (χ2v) is 6.02. The summed E-state index contributed by atoms with van der Waals surface area (Å²) in [4.78, 5) is 26.7. The number of non-ortho nitro benzene ring substituents is 1. The number of nitro benzene ring substituents is 1. The van der Waals surface area contributed by atoms with Crippen molar-refractivity contribution >= 4 is 17.3 Å². The number of nitro groups is 1. The Morgan fingerprint density at radius 2 is 2.00 bits per heavy atom. The topological polar surface area (TPSA) is 66.7 Å². The van der Waals surface area contributed by atoms with Gasteiger partial charge < -0.3 is 4.90 Å². The number of benzene rings is 2. The summed E-state index contributed by atoms with van der Waals surface area (Å²) in [7, 11) is 1.90. The highest BCUT2D eigenvalue weighted by Crippen LogP contribution is 2.31. The molecule has 0 spiro atoms. The smallest absolute Gasteiger partial charge is 0.271 e. The van der Waals surface area contributed by atoms with E-state index in [1.54, 1.807) is 11.0 Å². The molecule has 2 aromatic carbocycles. The SMILES string of the molecule is CN(CC(=O)N1CCc2ccc([N+](=O)[O-])cc21)Cc1ccccc1. The van der Waals surface area contributed by atoms with Gasteiger partial charge in [-0.2, -0.15) is 0 Å². The third-order valence-corrected chi connectivity index (χ3v) is 4.18. The van der Waals surface area contributed by atoms with E-state index in [2.05, 4.69) is 0 Å². The quantitative estimate of drug-likeness (QED) is 0.626. The molecule has 0 N–H and O–H groups in total. The second-order valence-electron chi connectivity index (χ2n) is 6.02. The second kappa shape index (κ2) is 6.80. The van der Waals surface area contributed by atoms with Crippen LogP contribution in [0.4, 0.5) is 11.4 Å². The van der Waals surface area contributed by atoms with Gasteiger partial charge in [0, 0.05) is 25.2 Å². The lowest BCUT2D eigenvalue weighted by molar-refractivity contribution is -0.384. The maximum Gasteiger partial charge on any atom is 0.271 e. The van der Waals surface area contributed by atoms with Crippen LogP contribution in [0.5, 0.6) is 0 Å². The predicted octanol–water partition coefficient (Wildman–Crippen LogP) is 2.62. The van der Waals surface area contributed by atoms with Gasteiger partial charge in [0.15, 0.2) is 0 Å². The van der Waals surface area contributed by atoms with E-state index in [0.717, 1.165) is 17.5 Å². The number of fused-ring (bicyclic) bond motifs is 1. The summed E-state index contributed by atoms with van der Waals surface area (Å²) in [5, 5.41) is 11.0. The molecular formula is C18H19N3O3. The molecule has 3 rings (SSSR count). The van der Waals surface area contributed by atoms with E-state index in [1.807, 2.05) is 42.3 Å². The molecular weight excluding hydrogens is 306 g/mol. The van der Waals surface area contributed by atoms with Crippen LogP contribution in [0.15, 0.2) is 48.5 Å². The van der Waals surface area contributed by atoms with Crippen molar-refractivity contribution in [1.82, 2.24) is 4.90 Å². The van der Waals surface area contributed by atoms with Crippen molar-refractivity contribution in [3.63, 3.8) is 0 Å². The first-order valence-electron chi connectivity index (χ1n) is 7.85. The third kappa shape index (κ3) is 3.44. The molecule has 6 heteroatoms. The summed E-state index contributed by atoms with van der Waals surface area (Å²) >= 11 is 0. The Kier molecular flexibility index (Phi) is 4.57. The zero-order valence-electron chi connectivity index (χ0n) is 13.5. The molecule has 1 aliphatic heterocycles. The number of carbonyl (C=O) groups is 1. The highest BCUT2D eigenvalue weighted by Gasteiger charge is 2.27. The Hall–Kier alpha value is -2.73. The van der Waals surface area contributed by atoms with E-state index in [1.165, 1.54) is 12.1 Å². The molecule has 0 aromatic heterocycles.